The van der Waals surface area contributed by atoms with Gasteiger partial charge in [0.2, 0.25) is 5.91 Å². The number of aromatic nitrogens is 1. The fraction of sp³-hybridized carbons (Fsp3) is 0.238. The SMILES string of the molecule is CCOc1ccccc1Nc1ccc(NC(=O)CC(C)O)c[nH+]1.O=C([O-])/C=C/C(=O)O. The summed E-state index contributed by atoms with van der Waals surface area (Å²) in [6.07, 6.45) is 2.04. The van der Waals surface area contributed by atoms with Crippen LogP contribution in [0, 0.1) is 0 Å². The van der Waals surface area contributed by atoms with Gasteiger partial charge in [0, 0.05) is 12.1 Å². The Kier molecular flexibility index (Phi) is 10.8. The number of hydrogen-bond donors (Lipinski definition) is 4. The topological polar surface area (TPSA) is 162 Å². The second-order valence-electron chi connectivity index (χ2n) is 6.14. The van der Waals surface area contributed by atoms with E-state index in [1.165, 1.54) is 0 Å². The minimum atomic E-state index is -1.51. The van der Waals surface area contributed by atoms with Crippen molar-refractivity contribution >= 4 is 35.0 Å². The van der Waals surface area contributed by atoms with Crippen molar-refractivity contribution in [1.29, 1.82) is 0 Å². The first-order chi connectivity index (χ1) is 14.7. The minimum absolute atomic E-state index is 0.0712. The van der Waals surface area contributed by atoms with E-state index in [1.54, 1.807) is 19.2 Å². The van der Waals surface area contributed by atoms with E-state index < -0.39 is 18.0 Å². The molecule has 0 aliphatic rings. The van der Waals surface area contributed by atoms with E-state index >= 15 is 0 Å². The molecular weight excluding hydrogens is 406 g/mol. The molecule has 0 fully saturated rings. The lowest BCUT2D eigenvalue weighted by Gasteiger charge is -2.08. The molecule has 0 aliphatic heterocycles. The largest absolute Gasteiger partial charge is 0.545 e. The van der Waals surface area contributed by atoms with Gasteiger partial charge in [-0.3, -0.25) is 4.79 Å². The van der Waals surface area contributed by atoms with E-state index in [2.05, 4.69) is 15.6 Å². The van der Waals surface area contributed by atoms with Crippen LogP contribution in [0.25, 0.3) is 0 Å². The lowest BCUT2D eigenvalue weighted by molar-refractivity contribution is -0.359. The summed E-state index contributed by atoms with van der Waals surface area (Å²) in [6, 6.07) is 11.3. The fourth-order valence-corrected chi connectivity index (χ4v) is 2.20. The molecule has 1 heterocycles. The van der Waals surface area contributed by atoms with Crippen molar-refractivity contribution in [2.45, 2.75) is 26.4 Å². The Bertz CT molecular complexity index is 880. The Labute approximate surface area is 179 Å². The summed E-state index contributed by atoms with van der Waals surface area (Å²) >= 11 is 0. The highest BCUT2D eigenvalue weighted by Crippen LogP contribution is 2.26. The van der Waals surface area contributed by atoms with Gasteiger partial charge in [0.15, 0.2) is 11.4 Å². The first-order valence-electron chi connectivity index (χ1n) is 9.31. The van der Waals surface area contributed by atoms with Crippen LogP contribution in [0.1, 0.15) is 20.3 Å². The van der Waals surface area contributed by atoms with E-state index in [0.717, 1.165) is 17.3 Å². The fourth-order valence-electron chi connectivity index (χ4n) is 2.20. The number of ether oxygens (including phenoxy) is 1. The van der Waals surface area contributed by atoms with E-state index in [4.69, 9.17) is 9.84 Å². The number of benzene rings is 1. The quantitative estimate of drug-likeness (QED) is 0.422. The van der Waals surface area contributed by atoms with Crippen LogP contribution >= 0.6 is 0 Å². The van der Waals surface area contributed by atoms with Crippen molar-refractivity contribution in [3.8, 4) is 5.75 Å². The number of carboxylic acids is 2. The molecule has 2 rings (SSSR count). The number of carboxylic acid groups (broad SMARTS) is 2. The molecule has 5 N–H and O–H groups in total. The van der Waals surface area contributed by atoms with Crippen LogP contribution in [0.5, 0.6) is 5.75 Å². The molecule has 0 bridgehead atoms. The van der Waals surface area contributed by atoms with E-state index in [-0.39, 0.29) is 12.3 Å². The third-order valence-electron chi connectivity index (χ3n) is 3.40. The zero-order valence-corrected chi connectivity index (χ0v) is 17.1. The van der Waals surface area contributed by atoms with E-state index in [1.807, 2.05) is 37.3 Å². The van der Waals surface area contributed by atoms with Crippen LogP contribution in [-0.2, 0) is 14.4 Å². The highest BCUT2D eigenvalue weighted by Gasteiger charge is 2.11. The molecule has 1 atom stereocenters. The summed E-state index contributed by atoms with van der Waals surface area (Å²) in [6.45, 7) is 4.11. The van der Waals surface area contributed by atoms with E-state index in [0.29, 0.717) is 24.4 Å². The molecule has 1 aromatic heterocycles. The monoisotopic (exact) mass is 431 g/mol. The number of amides is 1. The second-order valence-corrected chi connectivity index (χ2v) is 6.14. The molecule has 0 aliphatic carbocycles. The zero-order chi connectivity index (χ0) is 23.2. The number of pyridine rings is 1. The number of anilines is 3. The molecule has 2 aromatic rings. The average Bonchev–Trinajstić information content (AvgIpc) is 2.69. The van der Waals surface area contributed by atoms with Gasteiger partial charge in [0.1, 0.15) is 6.20 Å². The lowest BCUT2D eigenvalue weighted by atomic mass is 10.2. The first kappa shape index (κ1) is 25.1. The predicted molar refractivity (Wildman–Crippen MR) is 111 cm³/mol. The standard InChI is InChI=1S/C17H21N3O3.C4H4O4/c1-3-23-15-7-5-4-6-14(15)20-16-9-8-13(11-18-16)19-17(22)10-12(2)21;5-3(6)1-2-4(7)8/h4-9,11-12,21H,3,10H2,1-2H3,(H,18,20)(H,19,22);1-2H,(H,5,6)(H,7,8)/b;2-1+. The molecule has 1 aromatic carbocycles. The van der Waals surface area contributed by atoms with Gasteiger partial charge in [0.25, 0.3) is 5.82 Å². The Morgan fingerprint density at radius 3 is 2.42 bits per heavy atom. The third-order valence-corrected chi connectivity index (χ3v) is 3.40. The van der Waals surface area contributed by atoms with Crippen LogP contribution in [0.3, 0.4) is 0 Å². The van der Waals surface area contributed by atoms with Crippen LogP contribution < -0.4 is 25.5 Å². The Morgan fingerprint density at radius 2 is 1.90 bits per heavy atom. The molecule has 31 heavy (non-hydrogen) atoms. The summed E-state index contributed by atoms with van der Waals surface area (Å²) in [5.41, 5.74) is 1.50. The maximum absolute atomic E-state index is 11.6. The van der Waals surface area contributed by atoms with Crippen LogP contribution in [-0.4, -0.2) is 40.8 Å². The summed E-state index contributed by atoms with van der Waals surface area (Å²) in [5, 5.41) is 32.4. The number of H-pyrrole nitrogens is 1. The van der Waals surface area contributed by atoms with Gasteiger partial charge in [-0.25, -0.2) is 15.1 Å². The highest BCUT2D eigenvalue weighted by atomic mass is 16.5. The molecule has 166 valence electrons. The maximum Gasteiger partial charge on any atom is 0.328 e. The van der Waals surface area contributed by atoms with Gasteiger partial charge in [-0.15, -0.1) is 0 Å². The Morgan fingerprint density at radius 1 is 1.19 bits per heavy atom. The number of aromatic amines is 1. The van der Waals surface area contributed by atoms with Crippen molar-refractivity contribution < 1.29 is 39.4 Å². The van der Waals surface area contributed by atoms with Gasteiger partial charge in [-0.2, -0.15) is 0 Å². The van der Waals surface area contributed by atoms with Gasteiger partial charge < -0.3 is 30.2 Å². The van der Waals surface area contributed by atoms with Crippen molar-refractivity contribution in [2.24, 2.45) is 0 Å². The predicted octanol–water partition coefficient (Wildman–Crippen LogP) is 0.730. The van der Waals surface area contributed by atoms with Crippen molar-refractivity contribution in [3.05, 3.63) is 54.7 Å². The molecule has 10 nitrogen and oxygen atoms in total. The molecule has 10 heteroatoms. The molecule has 0 saturated carbocycles. The third kappa shape index (κ3) is 11.0. The maximum atomic E-state index is 11.6. The molecule has 1 amide bonds. The molecular formula is C21H25N3O7. The van der Waals surface area contributed by atoms with Gasteiger partial charge in [-0.05, 0) is 38.1 Å². The molecule has 0 radical (unpaired) electrons. The number of aliphatic hydroxyl groups excluding tert-OH is 1. The zero-order valence-electron chi connectivity index (χ0n) is 17.1. The summed E-state index contributed by atoms with van der Waals surface area (Å²) < 4.78 is 5.57. The Balaban J connectivity index is 0.000000512. The first-order valence-corrected chi connectivity index (χ1v) is 9.31. The van der Waals surface area contributed by atoms with Crippen molar-refractivity contribution in [3.63, 3.8) is 0 Å². The van der Waals surface area contributed by atoms with Gasteiger partial charge >= 0.3 is 5.97 Å². The number of rotatable bonds is 9. The number of carbonyl (C=O) groups is 3. The molecule has 1 unspecified atom stereocenters. The number of carbonyl (C=O) groups excluding carboxylic acids is 2. The van der Waals surface area contributed by atoms with Crippen LogP contribution in [0.4, 0.5) is 17.2 Å². The van der Waals surface area contributed by atoms with Gasteiger partial charge in [-0.1, -0.05) is 12.1 Å². The molecule has 0 saturated heterocycles. The number of hydrogen-bond acceptors (Lipinski definition) is 7. The van der Waals surface area contributed by atoms with Crippen LogP contribution in [0.15, 0.2) is 54.7 Å². The van der Waals surface area contributed by atoms with E-state index in [9.17, 15) is 24.6 Å². The number of nitrogens with one attached hydrogen (secondary N) is 3. The average molecular weight is 431 g/mol. The van der Waals surface area contributed by atoms with Crippen LogP contribution in [0.2, 0.25) is 0 Å². The second kappa shape index (κ2) is 13.3. The lowest BCUT2D eigenvalue weighted by Crippen LogP contribution is -2.19. The van der Waals surface area contributed by atoms with Gasteiger partial charge in [0.05, 0.1) is 30.8 Å². The molecule has 0 spiro atoms. The smallest absolute Gasteiger partial charge is 0.328 e. The summed E-state index contributed by atoms with van der Waals surface area (Å²) in [7, 11) is 0. The highest BCUT2D eigenvalue weighted by molar-refractivity contribution is 5.90. The van der Waals surface area contributed by atoms with Crippen molar-refractivity contribution in [2.75, 3.05) is 17.2 Å². The normalized spacial score (nSPS) is 11.1. The number of aliphatic hydroxyl groups is 1. The Hall–Kier alpha value is -3.92. The minimum Gasteiger partial charge on any atom is -0.545 e. The summed E-state index contributed by atoms with van der Waals surface area (Å²) in [5.74, 6) is -1.49. The van der Waals surface area contributed by atoms with Crippen molar-refractivity contribution in [1.82, 2.24) is 0 Å². The summed E-state index contributed by atoms with van der Waals surface area (Å²) in [4.78, 5) is 33.6. The number of aliphatic carboxylic acids is 2. The number of para-hydroxylation sites is 2.